The van der Waals surface area contributed by atoms with Crippen molar-refractivity contribution in [1.29, 1.82) is 0 Å². The number of hydrogen-bond acceptors (Lipinski definition) is 4. The van der Waals surface area contributed by atoms with Crippen LogP contribution in [0.2, 0.25) is 0 Å². The smallest absolute Gasteiger partial charge is 0.245 e. The van der Waals surface area contributed by atoms with E-state index in [0.717, 1.165) is 11.1 Å². The molecule has 0 aliphatic heterocycles. The zero-order chi connectivity index (χ0) is 15.2. The number of nitrogens with zero attached hydrogens (tertiary/aromatic N) is 2. The molecule has 1 atom stereocenters. The number of halogens is 1. The molecule has 7 heteroatoms. The van der Waals surface area contributed by atoms with Crippen molar-refractivity contribution >= 4 is 24.0 Å². The second-order valence-corrected chi connectivity index (χ2v) is 4.86. The van der Waals surface area contributed by atoms with Gasteiger partial charge in [-0.2, -0.15) is 5.10 Å². The molecule has 3 N–H and O–H groups in total. The lowest BCUT2D eigenvalue weighted by atomic mass is 10.1. The summed E-state index contributed by atoms with van der Waals surface area (Å²) >= 11 is 0. The molecule has 2 rings (SSSR count). The fraction of sp³-hybridized carbons (Fsp3) is 0.333. The molecule has 1 heterocycles. The number of anilines is 1. The molecule has 0 spiro atoms. The molecule has 1 unspecified atom stereocenters. The molecular weight excluding hydrogens is 304 g/mol. The van der Waals surface area contributed by atoms with E-state index in [1.165, 1.54) is 0 Å². The first-order valence-electron chi connectivity index (χ1n) is 6.74. The molecule has 0 aliphatic carbocycles. The van der Waals surface area contributed by atoms with E-state index < -0.39 is 6.04 Å². The van der Waals surface area contributed by atoms with Crippen LogP contribution in [0.3, 0.4) is 0 Å². The van der Waals surface area contributed by atoms with Crippen molar-refractivity contribution in [3.05, 3.63) is 47.8 Å². The Bertz CT molecular complexity index is 598. The monoisotopic (exact) mass is 324 g/mol. The number of aromatic nitrogens is 2. The number of benzene rings is 1. The SMILES string of the molecule is COCCn1cc(NC(=O)C(N)c2ccc(C)cc2)cn1.Cl. The summed E-state index contributed by atoms with van der Waals surface area (Å²) in [6.07, 6.45) is 3.34. The highest BCUT2D eigenvalue weighted by atomic mass is 35.5. The molecule has 1 aromatic carbocycles. The van der Waals surface area contributed by atoms with Crippen LogP contribution in [-0.2, 0) is 16.1 Å². The van der Waals surface area contributed by atoms with Gasteiger partial charge in [0.1, 0.15) is 6.04 Å². The highest BCUT2D eigenvalue weighted by Gasteiger charge is 2.16. The van der Waals surface area contributed by atoms with Gasteiger partial charge < -0.3 is 15.8 Å². The second-order valence-electron chi connectivity index (χ2n) is 4.86. The molecule has 0 saturated heterocycles. The van der Waals surface area contributed by atoms with Crippen LogP contribution < -0.4 is 11.1 Å². The minimum atomic E-state index is -0.701. The van der Waals surface area contributed by atoms with Gasteiger partial charge in [-0.1, -0.05) is 29.8 Å². The van der Waals surface area contributed by atoms with Crippen molar-refractivity contribution in [2.45, 2.75) is 19.5 Å². The molecule has 2 aromatic rings. The normalized spacial score (nSPS) is 11.6. The Balaban J connectivity index is 0.00000242. The maximum atomic E-state index is 12.1. The summed E-state index contributed by atoms with van der Waals surface area (Å²) in [6, 6.07) is 6.90. The topological polar surface area (TPSA) is 82.2 Å². The number of aryl methyl sites for hydroxylation is 1. The van der Waals surface area contributed by atoms with Gasteiger partial charge >= 0.3 is 0 Å². The lowest BCUT2D eigenvalue weighted by molar-refractivity contribution is -0.117. The van der Waals surface area contributed by atoms with Crippen LogP contribution in [-0.4, -0.2) is 29.4 Å². The summed E-state index contributed by atoms with van der Waals surface area (Å²) in [4.78, 5) is 12.1. The summed E-state index contributed by atoms with van der Waals surface area (Å²) in [6.45, 7) is 3.19. The summed E-state index contributed by atoms with van der Waals surface area (Å²) in [5, 5.41) is 6.90. The van der Waals surface area contributed by atoms with Gasteiger partial charge in [-0.25, -0.2) is 0 Å². The molecule has 0 bridgehead atoms. The summed E-state index contributed by atoms with van der Waals surface area (Å²) < 4.78 is 6.68. The van der Waals surface area contributed by atoms with Crippen LogP contribution in [0, 0.1) is 6.92 Å². The van der Waals surface area contributed by atoms with Gasteiger partial charge in [0, 0.05) is 13.3 Å². The van der Waals surface area contributed by atoms with Crippen molar-refractivity contribution in [3.63, 3.8) is 0 Å². The van der Waals surface area contributed by atoms with Crippen LogP contribution >= 0.6 is 12.4 Å². The quantitative estimate of drug-likeness (QED) is 0.850. The first kappa shape index (κ1) is 18.2. The number of carbonyl (C=O) groups is 1. The largest absolute Gasteiger partial charge is 0.383 e. The fourth-order valence-electron chi connectivity index (χ4n) is 1.88. The first-order chi connectivity index (χ1) is 10.1. The van der Waals surface area contributed by atoms with E-state index in [9.17, 15) is 4.79 Å². The van der Waals surface area contributed by atoms with Gasteiger partial charge in [0.15, 0.2) is 0 Å². The number of nitrogens with one attached hydrogen (secondary N) is 1. The fourth-order valence-corrected chi connectivity index (χ4v) is 1.88. The third kappa shape index (κ3) is 4.84. The Morgan fingerprint density at radius 1 is 1.41 bits per heavy atom. The number of methoxy groups -OCH3 is 1. The highest BCUT2D eigenvalue weighted by molar-refractivity contribution is 5.95. The zero-order valence-corrected chi connectivity index (χ0v) is 13.5. The third-order valence-electron chi connectivity index (χ3n) is 3.14. The molecule has 1 aromatic heterocycles. The Labute approximate surface area is 136 Å². The zero-order valence-electron chi connectivity index (χ0n) is 12.7. The summed E-state index contributed by atoms with van der Waals surface area (Å²) in [5.74, 6) is -0.259. The average Bonchev–Trinajstić information content (AvgIpc) is 2.92. The minimum Gasteiger partial charge on any atom is -0.383 e. The van der Waals surface area contributed by atoms with Crippen LogP contribution in [0.15, 0.2) is 36.7 Å². The Kier molecular flexibility index (Phi) is 7.04. The maximum absolute atomic E-state index is 12.1. The van der Waals surface area contributed by atoms with E-state index in [4.69, 9.17) is 10.5 Å². The van der Waals surface area contributed by atoms with Crippen LogP contribution in [0.25, 0.3) is 0 Å². The Hall–Kier alpha value is -1.89. The van der Waals surface area contributed by atoms with Crippen molar-refractivity contribution < 1.29 is 9.53 Å². The van der Waals surface area contributed by atoms with Crippen molar-refractivity contribution in [1.82, 2.24) is 9.78 Å². The van der Waals surface area contributed by atoms with E-state index in [1.807, 2.05) is 31.2 Å². The number of amides is 1. The lowest BCUT2D eigenvalue weighted by Gasteiger charge is -2.11. The molecule has 0 aliphatic rings. The molecule has 1 amide bonds. The first-order valence-corrected chi connectivity index (χ1v) is 6.74. The van der Waals surface area contributed by atoms with Crippen LogP contribution in [0.1, 0.15) is 17.2 Å². The molecule has 0 fully saturated rings. The van der Waals surface area contributed by atoms with E-state index in [-0.39, 0.29) is 18.3 Å². The predicted molar refractivity (Wildman–Crippen MR) is 88.1 cm³/mol. The van der Waals surface area contributed by atoms with Gasteiger partial charge in [0.2, 0.25) is 5.91 Å². The number of hydrogen-bond donors (Lipinski definition) is 2. The maximum Gasteiger partial charge on any atom is 0.245 e. The number of ether oxygens (including phenoxy) is 1. The average molecular weight is 325 g/mol. The predicted octanol–water partition coefficient (Wildman–Crippen LogP) is 1.90. The van der Waals surface area contributed by atoms with Gasteiger partial charge in [-0.05, 0) is 12.5 Å². The van der Waals surface area contributed by atoms with E-state index in [1.54, 1.807) is 24.2 Å². The number of carbonyl (C=O) groups excluding carboxylic acids is 1. The molecule has 0 radical (unpaired) electrons. The molecule has 22 heavy (non-hydrogen) atoms. The van der Waals surface area contributed by atoms with Crippen LogP contribution in [0.5, 0.6) is 0 Å². The highest BCUT2D eigenvalue weighted by Crippen LogP contribution is 2.14. The second kappa shape index (κ2) is 8.53. The van der Waals surface area contributed by atoms with Crippen molar-refractivity contribution in [2.75, 3.05) is 19.0 Å². The van der Waals surface area contributed by atoms with Crippen LogP contribution in [0.4, 0.5) is 5.69 Å². The summed E-state index contributed by atoms with van der Waals surface area (Å²) in [5.41, 5.74) is 8.50. The number of nitrogens with two attached hydrogens (primary N) is 1. The number of rotatable bonds is 6. The van der Waals surface area contributed by atoms with Gasteiger partial charge in [-0.15, -0.1) is 12.4 Å². The van der Waals surface area contributed by atoms with E-state index >= 15 is 0 Å². The van der Waals surface area contributed by atoms with Gasteiger partial charge in [0.25, 0.3) is 0 Å². The van der Waals surface area contributed by atoms with E-state index in [2.05, 4.69) is 10.4 Å². The molecule has 120 valence electrons. The van der Waals surface area contributed by atoms with Gasteiger partial charge in [0.05, 0.1) is 25.0 Å². The van der Waals surface area contributed by atoms with Crippen molar-refractivity contribution in [2.24, 2.45) is 5.73 Å². The van der Waals surface area contributed by atoms with E-state index in [0.29, 0.717) is 18.8 Å². The standard InChI is InChI=1S/C15H20N4O2.ClH/c1-11-3-5-12(6-4-11)14(16)15(20)18-13-9-17-19(10-13)7-8-21-2;/h3-6,9-10,14H,7-8,16H2,1-2H3,(H,18,20);1H. The van der Waals surface area contributed by atoms with Crippen molar-refractivity contribution in [3.8, 4) is 0 Å². The molecule has 6 nitrogen and oxygen atoms in total. The Morgan fingerprint density at radius 3 is 2.73 bits per heavy atom. The Morgan fingerprint density at radius 2 is 2.09 bits per heavy atom. The third-order valence-corrected chi connectivity index (χ3v) is 3.14. The van der Waals surface area contributed by atoms with Gasteiger partial charge in [-0.3, -0.25) is 9.48 Å². The minimum absolute atomic E-state index is 0. The lowest BCUT2D eigenvalue weighted by Crippen LogP contribution is -2.27. The molecule has 0 saturated carbocycles. The molecular formula is C15H21ClN4O2. The summed E-state index contributed by atoms with van der Waals surface area (Å²) in [7, 11) is 1.63.